The fourth-order valence-corrected chi connectivity index (χ4v) is 1.60. The number of nitrogens with one attached hydrogen (secondary N) is 1. The van der Waals surface area contributed by atoms with Crippen LogP contribution >= 0.6 is 12.2 Å². The SMILES string of the molecule is NC(=S)CC(=O)NCc1ccc2c(c1)OCO2. The average molecular weight is 252 g/mol. The summed E-state index contributed by atoms with van der Waals surface area (Å²) in [7, 11) is 0. The number of carbonyl (C=O) groups is 1. The van der Waals surface area contributed by atoms with E-state index in [1.165, 1.54) is 0 Å². The lowest BCUT2D eigenvalue weighted by Crippen LogP contribution is -2.27. The summed E-state index contributed by atoms with van der Waals surface area (Å²) in [5, 5.41) is 2.72. The monoisotopic (exact) mass is 252 g/mol. The van der Waals surface area contributed by atoms with Gasteiger partial charge in [0.2, 0.25) is 12.7 Å². The Labute approximate surface area is 104 Å². The van der Waals surface area contributed by atoms with Crippen molar-refractivity contribution in [1.82, 2.24) is 5.32 Å². The molecular formula is C11H12N2O3S. The Bertz CT molecular complexity index is 462. The maximum Gasteiger partial charge on any atom is 0.231 e. The first-order chi connectivity index (χ1) is 8.15. The Balaban J connectivity index is 1.91. The minimum Gasteiger partial charge on any atom is -0.454 e. The molecule has 0 saturated heterocycles. The van der Waals surface area contributed by atoms with E-state index in [1.54, 1.807) is 0 Å². The number of hydrogen-bond acceptors (Lipinski definition) is 4. The van der Waals surface area contributed by atoms with Crippen LogP contribution in [0.4, 0.5) is 0 Å². The second-order valence-corrected chi connectivity index (χ2v) is 4.13. The maximum atomic E-state index is 11.3. The third-order valence-electron chi connectivity index (χ3n) is 2.26. The predicted molar refractivity (Wildman–Crippen MR) is 65.8 cm³/mol. The summed E-state index contributed by atoms with van der Waals surface area (Å²) >= 11 is 4.65. The van der Waals surface area contributed by atoms with Gasteiger partial charge in [0.15, 0.2) is 11.5 Å². The van der Waals surface area contributed by atoms with Gasteiger partial charge in [-0.2, -0.15) is 0 Å². The molecule has 3 N–H and O–H groups in total. The average Bonchev–Trinajstić information content (AvgIpc) is 2.72. The van der Waals surface area contributed by atoms with E-state index in [-0.39, 0.29) is 24.1 Å². The Morgan fingerprint density at radius 2 is 2.18 bits per heavy atom. The van der Waals surface area contributed by atoms with Crippen molar-refractivity contribution in [2.45, 2.75) is 13.0 Å². The van der Waals surface area contributed by atoms with E-state index in [9.17, 15) is 4.79 Å². The molecule has 0 fully saturated rings. The van der Waals surface area contributed by atoms with Crippen LogP contribution in [-0.2, 0) is 11.3 Å². The molecule has 0 spiro atoms. The standard InChI is InChI=1S/C11H12N2O3S/c12-10(17)4-11(14)13-5-7-1-2-8-9(3-7)16-6-15-8/h1-3H,4-6H2,(H2,12,17)(H,13,14). The van der Waals surface area contributed by atoms with E-state index >= 15 is 0 Å². The summed E-state index contributed by atoms with van der Waals surface area (Å²) in [6.45, 7) is 0.657. The number of hydrogen-bond donors (Lipinski definition) is 2. The lowest BCUT2D eigenvalue weighted by molar-refractivity contribution is -0.120. The Kier molecular flexibility index (Phi) is 3.43. The van der Waals surface area contributed by atoms with Gasteiger partial charge in [0.05, 0.1) is 11.4 Å². The van der Waals surface area contributed by atoms with Gasteiger partial charge in [0.25, 0.3) is 0 Å². The van der Waals surface area contributed by atoms with Gasteiger partial charge in [-0.15, -0.1) is 0 Å². The highest BCUT2D eigenvalue weighted by atomic mass is 32.1. The van der Waals surface area contributed by atoms with E-state index in [2.05, 4.69) is 17.5 Å². The molecule has 0 bridgehead atoms. The van der Waals surface area contributed by atoms with E-state index in [0.717, 1.165) is 11.3 Å². The van der Waals surface area contributed by atoms with Gasteiger partial charge in [-0.1, -0.05) is 18.3 Å². The quantitative estimate of drug-likeness (QED) is 0.772. The molecule has 1 amide bonds. The van der Waals surface area contributed by atoms with Gasteiger partial charge >= 0.3 is 0 Å². The van der Waals surface area contributed by atoms with Crippen LogP contribution in [0.1, 0.15) is 12.0 Å². The summed E-state index contributed by atoms with van der Waals surface area (Å²) in [6, 6.07) is 5.52. The van der Waals surface area contributed by atoms with Gasteiger partial charge in [0.1, 0.15) is 0 Å². The molecule has 1 aromatic rings. The zero-order valence-corrected chi connectivity index (χ0v) is 9.88. The minimum atomic E-state index is -0.185. The number of rotatable bonds is 4. The third-order valence-corrected chi connectivity index (χ3v) is 2.41. The van der Waals surface area contributed by atoms with Crippen LogP contribution in [-0.4, -0.2) is 17.7 Å². The van der Waals surface area contributed by atoms with Crippen molar-refractivity contribution in [3.8, 4) is 11.5 Å². The number of carbonyl (C=O) groups excluding carboxylic acids is 1. The second kappa shape index (κ2) is 5.01. The Morgan fingerprint density at radius 3 is 2.94 bits per heavy atom. The Morgan fingerprint density at radius 1 is 1.41 bits per heavy atom. The fourth-order valence-electron chi connectivity index (χ4n) is 1.47. The number of nitrogens with two attached hydrogens (primary N) is 1. The number of thiocarbonyl (C=S) groups is 1. The van der Waals surface area contributed by atoms with Crippen LogP contribution in [0.5, 0.6) is 11.5 Å². The molecular weight excluding hydrogens is 240 g/mol. The molecule has 0 aromatic heterocycles. The van der Waals surface area contributed by atoms with Crippen molar-refractivity contribution in [3.05, 3.63) is 23.8 Å². The molecule has 1 aliphatic rings. The first-order valence-corrected chi connectivity index (χ1v) is 5.49. The van der Waals surface area contributed by atoms with Crippen molar-refractivity contribution in [2.24, 2.45) is 5.73 Å². The molecule has 1 aliphatic heterocycles. The van der Waals surface area contributed by atoms with E-state index < -0.39 is 0 Å². The molecule has 17 heavy (non-hydrogen) atoms. The molecule has 0 atom stereocenters. The number of fused-ring (bicyclic) bond motifs is 1. The predicted octanol–water partition coefficient (Wildman–Crippen LogP) is 0.708. The zero-order valence-electron chi connectivity index (χ0n) is 9.06. The lowest BCUT2D eigenvalue weighted by Gasteiger charge is -2.05. The van der Waals surface area contributed by atoms with Crippen LogP contribution in [0.15, 0.2) is 18.2 Å². The van der Waals surface area contributed by atoms with Crippen LogP contribution in [0.2, 0.25) is 0 Å². The molecule has 1 aromatic carbocycles. The first-order valence-electron chi connectivity index (χ1n) is 5.08. The first kappa shape index (κ1) is 11.7. The van der Waals surface area contributed by atoms with E-state index in [0.29, 0.717) is 12.3 Å². The molecule has 90 valence electrons. The van der Waals surface area contributed by atoms with Crippen molar-refractivity contribution in [1.29, 1.82) is 0 Å². The van der Waals surface area contributed by atoms with Crippen LogP contribution in [0.3, 0.4) is 0 Å². The Hall–Kier alpha value is -1.82. The summed E-state index contributed by atoms with van der Waals surface area (Å²) in [5.74, 6) is 1.24. The number of amides is 1. The number of ether oxygens (including phenoxy) is 2. The topological polar surface area (TPSA) is 73.6 Å². The highest BCUT2D eigenvalue weighted by molar-refractivity contribution is 7.80. The summed E-state index contributed by atoms with van der Waals surface area (Å²) in [5.41, 5.74) is 6.21. The van der Waals surface area contributed by atoms with Gasteiger partial charge in [-0.3, -0.25) is 4.79 Å². The molecule has 0 saturated carbocycles. The van der Waals surface area contributed by atoms with Crippen molar-refractivity contribution < 1.29 is 14.3 Å². The van der Waals surface area contributed by atoms with Crippen molar-refractivity contribution >= 4 is 23.1 Å². The van der Waals surface area contributed by atoms with Crippen molar-refractivity contribution in [3.63, 3.8) is 0 Å². The molecule has 0 aliphatic carbocycles. The zero-order chi connectivity index (χ0) is 12.3. The highest BCUT2D eigenvalue weighted by Crippen LogP contribution is 2.32. The highest BCUT2D eigenvalue weighted by Gasteiger charge is 2.13. The van der Waals surface area contributed by atoms with Gasteiger partial charge in [-0.25, -0.2) is 0 Å². The number of benzene rings is 1. The molecule has 1 heterocycles. The van der Waals surface area contributed by atoms with E-state index in [1.807, 2.05) is 18.2 Å². The van der Waals surface area contributed by atoms with Gasteiger partial charge in [-0.05, 0) is 17.7 Å². The lowest BCUT2D eigenvalue weighted by atomic mass is 10.2. The molecule has 6 heteroatoms. The van der Waals surface area contributed by atoms with Crippen LogP contribution < -0.4 is 20.5 Å². The maximum absolute atomic E-state index is 11.3. The van der Waals surface area contributed by atoms with Crippen molar-refractivity contribution in [2.75, 3.05) is 6.79 Å². The van der Waals surface area contributed by atoms with Crippen LogP contribution in [0.25, 0.3) is 0 Å². The normalized spacial score (nSPS) is 12.2. The van der Waals surface area contributed by atoms with E-state index in [4.69, 9.17) is 15.2 Å². The largest absolute Gasteiger partial charge is 0.454 e. The third kappa shape index (κ3) is 3.07. The molecule has 0 unspecified atom stereocenters. The fraction of sp³-hybridized carbons (Fsp3) is 0.273. The minimum absolute atomic E-state index is 0.0693. The molecule has 5 nitrogen and oxygen atoms in total. The molecule has 2 rings (SSSR count). The molecule has 0 radical (unpaired) electrons. The van der Waals surface area contributed by atoms with Gasteiger partial charge < -0.3 is 20.5 Å². The van der Waals surface area contributed by atoms with Gasteiger partial charge in [0, 0.05) is 6.54 Å². The van der Waals surface area contributed by atoms with Crippen LogP contribution in [0, 0.1) is 0 Å². The summed E-state index contributed by atoms with van der Waals surface area (Å²) in [6.07, 6.45) is 0.0693. The smallest absolute Gasteiger partial charge is 0.231 e. The summed E-state index contributed by atoms with van der Waals surface area (Å²) in [4.78, 5) is 11.5. The summed E-state index contributed by atoms with van der Waals surface area (Å²) < 4.78 is 10.4. The second-order valence-electron chi connectivity index (χ2n) is 3.61.